The zero-order valence-corrected chi connectivity index (χ0v) is 14.5. The van der Waals surface area contributed by atoms with Crippen molar-refractivity contribution < 1.29 is 14.8 Å². The molecule has 122 valence electrons. The zero-order chi connectivity index (χ0) is 15.7. The van der Waals surface area contributed by atoms with Gasteiger partial charge in [0.25, 0.3) is 0 Å². The minimum atomic E-state index is -0.157. The van der Waals surface area contributed by atoms with Crippen LogP contribution in [0.15, 0.2) is 0 Å². The van der Waals surface area contributed by atoms with Crippen molar-refractivity contribution >= 4 is 34.6 Å². The fourth-order valence-corrected chi connectivity index (χ4v) is 4.03. The summed E-state index contributed by atoms with van der Waals surface area (Å²) in [5, 5.41) is 14.9. The van der Waals surface area contributed by atoms with E-state index in [4.69, 9.17) is 12.2 Å². The quantitative estimate of drug-likeness (QED) is 0.768. The summed E-state index contributed by atoms with van der Waals surface area (Å²) in [6.07, 6.45) is 4.14. The Kier molecular flexibility index (Phi) is 4.91. The van der Waals surface area contributed by atoms with E-state index in [-0.39, 0.29) is 12.0 Å². The maximum absolute atomic E-state index is 12.2. The predicted molar refractivity (Wildman–Crippen MR) is 87.7 cm³/mol. The van der Waals surface area contributed by atoms with Crippen molar-refractivity contribution in [3.05, 3.63) is 3.95 Å². The average molecular weight is 343 g/mol. The first-order chi connectivity index (χ1) is 10.6. The molecule has 0 unspecified atom stereocenters. The molecule has 6 nitrogen and oxygen atoms in total. The Labute approximate surface area is 139 Å². The number of carbonyl (C=O) groups excluding carboxylic acids is 1. The van der Waals surface area contributed by atoms with Crippen LogP contribution in [0.1, 0.15) is 39.0 Å². The number of amides is 1. The normalized spacial score (nSPS) is 25.2. The van der Waals surface area contributed by atoms with E-state index < -0.39 is 0 Å². The average Bonchev–Trinajstić information content (AvgIpc) is 3.27. The summed E-state index contributed by atoms with van der Waals surface area (Å²) in [4.78, 5) is 15.4. The number of anilines is 1. The summed E-state index contributed by atoms with van der Waals surface area (Å²) < 4.78 is 2.57. The maximum Gasteiger partial charge on any atom is 0.228 e. The lowest BCUT2D eigenvalue weighted by molar-refractivity contribution is -0.929. The number of nitrogens with one attached hydrogen (secondary N) is 1. The maximum atomic E-state index is 12.2. The molecular weight excluding hydrogens is 320 g/mol. The van der Waals surface area contributed by atoms with E-state index in [0.29, 0.717) is 12.5 Å². The molecule has 1 aromatic rings. The molecule has 8 heteroatoms. The van der Waals surface area contributed by atoms with Crippen LogP contribution in [0, 0.1) is 3.95 Å². The minimum absolute atomic E-state index is 0.131. The van der Waals surface area contributed by atoms with Crippen LogP contribution in [0.25, 0.3) is 0 Å². The third-order valence-corrected chi connectivity index (χ3v) is 5.63. The SMILES string of the molecule is CCC(=O)N(c1nn(C[NH+]2CCC(O)CC2)c(=S)s1)C1CC1. The van der Waals surface area contributed by atoms with Gasteiger partial charge in [0, 0.05) is 25.3 Å². The number of carbonyl (C=O) groups is 1. The van der Waals surface area contributed by atoms with Crippen LogP contribution in [0.4, 0.5) is 5.13 Å². The molecule has 1 amide bonds. The summed E-state index contributed by atoms with van der Waals surface area (Å²) in [6, 6.07) is 0.318. The highest BCUT2D eigenvalue weighted by Crippen LogP contribution is 2.33. The lowest BCUT2D eigenvalue weighted by atomic mass is 10.1. The first kappa shape index (κ1) is 16.0. The number of aliphatic hydroxyl groups is 1. The first-order valence-corrected chi connectivity index (χ1v) is 9.22. The molecule has 1 aliphatic carbocycles. The number of nitrogens with zero attached hydrogens (tertiary/aromatic N) is 3. The van der Waals surface area contributed by atoms with Crippen molar-refractivity contribution in [3.63, 3.8) is 0 Å². The molecule has 2 aliphatic rings. The van der Waals surface area contributed by atoms with E-state index in [2.05, 4.69) is 5.10 Å². The van der Waals surface area contributed by atoms with Gasteiger partial charge in [-0.05, 0) is 25.1 Å². The summed E-state index contributed by atoms with van der Waals surface area (Å²) in [6.45, 7) is 4.49. The Morgan fingerprint density at radius 2 is 2.14 bits per heavy atom. The Morgan fingerprint density at radius 1 is 1.45 bits per heavy atom. The summed E-state index contributed by atoms with van der Waals surface area (Å²) in [5.74, 6) is 0.131. The van der Waals surface area contributed by atoms with Crippen molar-refractivity contribution in [1.82, 2.24) is 9.78 Å². The van der Waals surface area contributed by atoms with Crippen LogP contribution >= 0.6 is 23.6 Å². The van der Waals surface area contributed by atoms with Gasteiger partial charge in [0.05, 0.1) is 19.2 Å². The van der Waals surface area contributed by atoms with Gasteiger partial charge in [-0.3, -0.25) is 9.69 Å². The van der Waals surface area contributed by atoms with Gasteiger partial charge in [-0.15, -0.1) is 5.10 Å². The molecule has 2 heterocycles. The molecule has 0 radical (unpaired) electrons. The van der Waals surface area contributed by atoms with E-state index in [1.54, 1.807) is 0 Å². The van der Waals surface area contributed by atoms with Gasteiger partial charge in [0.2, 0.25) is 11.0 Å². The van der Waals surface area contributed by atoms with Crippen LogP contribution in [0.3, 0.4) is 0 Å². The fourth-order valence-electron chi connectivity index (χ4n) is 2.84. The number of piperidine rings is 1. The molecule has 0 aromatic carbocycles. The molecular formula is C14H23N4O2S2+. The molecule has 22 heavy (non-hydrogen) atoms. The summed E-state index contributed by atoms with van der Waals surface area (Å²) >= 11 is 6.86. The van der Waals surface area contributed by atoms with Gasteiger partial charge in [-0.1, -0.05) is 18.3 Å². The van der Waals surface area contributed by atoms with Crippen LogP contribution in [0.5, 0.6) is 0 Å². The van der Waals surface area contributed by atoms with E-state index in [0.717, 1.165) is 54.5 Å². The van der Waals surface area contributed by atoms with Gasteiger partial charge in [0.15, 0.2) is 10.6 Å². The second kappa shape index (κ2) is 6.74. The second-order valence-electron chi connectivity index (χ2n) is 6.14. The summed E-state index contributed by atoms with van der Waals surface area (Å²) in [7, 11) is 0. The molecule has 0 atom stereocenters. The standard InChI is InChI=1S/C14H22N4O2S2/c1-2-12(20)18(10-3-4-10)13-15-17(14(21)22-13)9-16-7-5-11(19)6-8-16/h10-11,19H,2-9H2,1H3/p+1. The van der Waals surface area contributed by atoms with Crippen molar-refractivity contribution in [2.45, 2.75) is 57.8 Å². The molecule has 1 aromatic heterocycles. The number of aliphatic hydroxyl groups excluding tert-OH is 1. The van der Waals surface area contributed by atoms with Gasteiger partial charge in [0.1, 0.15) is 0 Å². The van der Waals surface area contributed by atoms with E-state index >= 15 is 0 Å². The Hall–Kier alpha value is -0.830. The molecule has 0 bridgehead atoms. The van der Waals surface area contributed by atoms with E-state index in [9.17, 15) is 9.90 Å². The third kappa shape index (κ3) is 3.56. The Morgan fingerprint density at radius 3 is 2.73 bits per heavy atom. The molecule has 3 rings (SSSR count). The van der Waals surface area contributed by atoms with Crippen molar-refractivity contribution in [1.29, 1.82) is 0 Å². The van der Waals surface area contributed by atoms with E-state index in [1.807, 2.05) is 16.5 Å². The number of rotatable bonds is 5. The topological polar surface area (TPSA) is 62.8 Å². The summed E-state index contributed by atoms with van der Waals surface area (Å²) in [5.41, 5.74) is 0. The monoisotopic (exact) mass is 343 g/mol. The van der Waals surface area contributed by atoms with E-state index in [1.165, 1.54) is 16.2 Å². The smallest absolute Gasteiger partial charge is 0.228 e. The highest BCUT2D eigenvalue weighted by molar-refractivity contribution is 7.73. The second-order valence-corrected chi connectivity index (χ2v) is 7.74. The highest BCUT2D eigenvalue weighted by atomic mass is 32.1. The third-order valence-electron chi connectivity index (χ3n) is 4.32. The van der Waals surface area contributed by atoms with Crippen LogP contribution in [0.2, 0.25) is 0 Å². The highest BCUT2D eigenvalue weighted by Gasteiger charge is 2.35. The lowest BCUT2D eigenvalue weighted by Gasteiger charge is -2.26. The predicted octanol–water partition coefficient (Wildman–Crippen LogP) is 0.577. The Balaban J connectivity index is 1.72. The molecule has 2 fully saturated rings. The molecule has 1 saturated heterocycles. The molecule has 1 aliphatic heterocycles. The molecule has 1 saturated carbocycles. The molecule has 0 spiro atoms. The largest absolute Gasteiger partial charge is 0.393 e. The fraction of sp³-hybridized carbons (Fsp3) is 0.786. The number of hydrogen-bond donors (Lipinski definition) is 2. The van der Waals surface area contributed by atoms with Crippen molar-refractivity contribution in [3.8, 4) is 0 Å². The zero-order valence-electron chi connectivity index (χ0n) is 12.8. The lowest BCUT2D eigenvalue weighted by Crippen LogP contribution is -3.12. The van der Waals surface area contributed by atoms with Crippen LogP contribution < -0.4 is 9.80 Å². The number of hydrogen-bond acceptors (Lipinski definition) is 5. The van der Waals surface area contributed by atoms with Crippen molar-refractivity contribution in [2.75, 3.05) is 18.0 Å². The van der Waals surface area contributed by atoms with Crippen molar-refractivity contribution in [2.24, 2.45) is 0 Å². The number of likely N-dealkylation sites (tertiary alicyclic amines) is 1. The molecule has 2 N–H and O–H groups in total. The number of aromatic nitrogens is 2. The van der Waals surface area contributed by atoms with Gasteiger partial charge in [-0.2, -0.15) is 4.68 Å². The van der Waals surface area contributed by atoms with Gasteiger partial charge < -0.3 is 10.0 Å². The number of quaternary nitrogens is 1. The first-order valence-electron chi connectivity index (χ1n) is 8.00. The van der Waals surface area contributed by atoms with Crippen LogP contribution in [-0.2, 0) is 11.5 Å². The van der Waals surface area contributed by atoms with Gasteiger partial charge >= 0.3 is 0 Å². The Bertz CT molecular complexity index is 588. The van der Waals surface area contributed by atoms with Gasteiger partial charge in [-0.25, -0.2) is 0 Å². The minimum Gasteiger partial charge on any atom is -0.393 e. The van der Waals surface area contributed by atoms with Crippen LogP contribution in [-0.4, -0.2) is 46.0 Å².